The van der Waals surface area contributed by atoms with Crippen molar-refractivity contribution in [1.82, 2.24) is 20.0 Å². The molecule has 186 valence electrons. The summed E-state index contributed by atoms with van der Waals surface area (Å²) in [6, 6.07) is 10.1. The van der Waals surface area contributed by atoms with Crippen molar-refractivity contribution in [2.45, 2.75) is 50.7 Å². The lowest BCUT2D eigenvalue weighted by Gasteiger charge is -2.55. The van der Waals surface area contributed by atoms with Gasteiger partial charge in [-0.1, -0.05) is 50.2 Å². The summed E-state index contributed by atoms with van der Waals surface area (Å²) in [5, 5.41) is 27.4. The number of rotatable bonds is 6. The molecule has 8 nitrogen and oxygen atoms in total. The van der Waals surface area contributed by atoms with Gasteiger partial charge in [0.05, 0.1) is 5.56 Å². The van der Waals surface area contributed by atoms with Gasteiger partial charge >= 0.3 is 0 Å². The molecule has 5 rings (SSSR count). The number of aromatic nitrogens is 3. The lowest BCUT2D eigenvalue weighted by molar-refractivity contribution is -0.127. The van der Waals surface area contributed by atoms with Crippen molar-refractivity contribution in [1.29, 1.82) is 0 Å². The molecule has 2 N–H and O–H groups in total. The van der Waals surface area contributed by atoms with Crippen LogP contribution in [0.4, 0.5) is 0 Å². The fourth-order valence-electron chi connectivity index (χ4n) is 5.56. The lowest BCUT2D eigenvalue weighted by Crippen LogP contribution is -2.63. The molecule has 8 heteroatoms. The monoisotopic (exact) mass is 478 g/mol. The van der Waals surface area contributed by atoms with Crippen LogP contribution in [0.1, 0.15) is 62.0 Å². The number of benzene rings is 1. The highest BCUT2D eigenvalue weighted by Crippen LogP contribution is 2.50. The van der Waals surface area contributed by atoms with E-state index >= 15 is 0 Å². The molecule has 1 unspecified atom stereocenters. The zero-order chi connectivity index (χ0) is 24.8. The maximum Gasteiger partial charge on any atom is 0.259 e. The number of aliphatic hydroxyl groups is 2. The van der Waals surface area contributed by atoms with Crippen molar-refractivity contribution in [3.63, 3.8) is 0 Å². The minimum atomic E-state index is -1.26. The number of ether oxygens (including phenoxy) is 1. The van der Waals surface area contributed by atoms with Crippen LogP contribution in [0.25, 0.3) is 11.5 Å². The standard InChI is InChI=1S/C27H34N4O4/c1-18(2)19-5-7-21(8-6-19)27(33,25(3)16-31(4)17-25)22-13-20(14-28-15-22)23-29-24(30-35-23)26(32)9-11-34-12-10-26/h5-8,13-15,18,32-33H,9-12,16-17H2,1-4H3. The van der Waals surface area contributed by atoms with E-state index < -0.39 is 16.6 Å². The Balaban J connectivity index is 1.54. The molecule has 2 aliphatic rings. The zero-order valence-corrected chi connectivity index (χ0v) is 20.9. The molecule has 2 saturated heterocycles. The van der Waals surface area contributed by atoms with E-state index in [0.29, 0.717) is 43.1 Å². The Morgan fingerprint density at radius 1 is 1.06 bits per heavy atom. The van der Waals surface area contributed by atoms with Gasteiger partial charge in [-0.15, -0.1) is 0 Å². The van der Waals surface area contributed by atoms with Crippen molar-refractivity contribution in [3.05, 3.63) is 65.2 Å². The Morgan fingerprint density at radius 3 is 2.37 bits per heavy atom. The summed E-state index contributed by atoms with van der Waals surface area (Å²) >= 11 is 0. The summed E-state index contributed by atoms with van der Waals surface area (Å²) in [7, 11) is 2.06. The van der Waals surface area contributed by atoms with E-state index in [0.717, 1.165) is 18.7 Å². The molecular weight excluding hydrogens is 444 g/mol. The van der Waals surface area contributed by atoms with Gasteiger partial charge in [-0.3, -0.25) is 4.98 Å². The topological polar surface area (TPSA) is 105 Å². The number of pyridine rings is 1. The number of hydrogen-bond donors (Lipinski definition) is 2. The Bertz CT molecular complexity index is 1180. The molecule has 0 saturated carbocycles. The Morgan fingerprint density at radius 2 is 1.74 bits per heavy atom. The number of likely N-dealkylation sites (tertiary alicyclic amines) is 1. The third kappa shape index (κ3) is 4.08. The van der Waals surface area contributed by atoms with Crippen molar-refractivity contribution >= 4 is 0 Å². The van der Waals surface area contributed by atoms with E-state index in [4.69, 9.17) is 9.26 Å². The summed E-state index contributed by atoms with van der Waals surface area (Å²) in [5.41, 5.74) is 0.507. The van der Waals surface area contributed by atoms with E-state index in [2.05, 4.69) is 60.0 Å². The quantitative estimate of drug-likeness (QED) is 0.555. The molecule has 2 aliphatic heterocycles. The molecule has 2 fully saturated rings. The van der Waals surface area contributed by atoms with Gasteiger partial charge < -0.3 is 24.4 Å². The van der Waals surface area contributed by atoms with Crippen LogP contribution in [0.3, 0.4) is 0 Å². The predicted molar refractivity (Wildman–Crippen MR) is 131 cm³/mol. The van der Waals surface area contributed by atoms with Crippen LogP contribution in [0.15, 0.2) is 47.2 Å². The van der Waals surface area contributed by atoms with Gasteiger partial charge in [0.1, 0.15) is 11.2 Å². The highest BCUT2D eigenvalue weighted by Gasteiger charge is 2.55. The molecule has 35 heavy (non-hydrogen) atoms. The van der Waals surface area contributed by atoms with Crippen LogP contribution in [0, 0.1) is 5.41 Å². The van der Waals surface area contributed by atoms with Crippen LogP contribution in [0.5, 0.6) is 0 Å². The third-order valence-electron chi connectivity index (χ3n) is 7.67. The molecule has 0 aliphatic carbocycles. The van der Waals surface area contributed by atoms with Gasteiger partial charge in [-0.05, 0) is 30.2 Å². The zero-order valence-electron chi connectivity index (χ0n) is 20.9. The maximum atomic E-state index is 12.4. The minimum Gasteiger partial charge on any atom is -0.382 e. The molecule has 0 amide bonds. The van der Waals surface area contributed by atoms with Crippen molar-refractivity contribution in [2.75, 3.05) is 33.4 Å². The maximum absolute atomic E-state index is 12.4. The van der Waals surface area contributed by atoms with E-state index in [1.54, 1.807) is 12.4 Å². The summed E-state index contributed by atoms with van der Waals surface area (Å²) in [6.45, 7) is 8.83. The second-order valence-corrected chi connectivity index (χ2v) is 10.7. The average molecular weight is 479 g/mol. The van der Waals surface area contributed by atoms with Crippen LogP contribution in [0.2, 0.25) is 0 Å². The Kier molecular flexibility index (Phi) is 6.04. The van der Waals surface area contributed by atoms with Gasteiger partial charge in [0.25, 0.3) is 5.89 Å². The Labute approximate surface area is 206 Å². The van der Waals surface area contributed by atoms with Crippen molar-refractivity contribution in [2.24, 2.45) is 5.41 Å². The predicted octanol–water partition coefficient (Wildman–Crippen LogP) is 3.44. The largest absolute Gasteiger partial charge is 0.382 e. The number of nitrogens with zero attached hydrogens (tertiary/aromatic N) is 4. The van der Waals surface area contributed by atoms with Gasteiger partial charge in [0.15, 0.2) is 0 Å². The van der Waals surface area contributed by atoms with E-state index in [-0.39, 0.29) is 11.7 Å². The van der Waals surface area contributed by atoms with Gasteiger partial charge in [-0.25, -0.2) is 0 Å². The summed E-state index contributed by atoms with van der Waals surface area (Å²) < 4.78 is 10.9. The van der Waals surface area contributed by atoms with E-state index in [1.807, 2.05) is 18.2 Å². The normalized spacial score (nSPS) is 21.5. The second-order valence-electron chi connectivity index (χ2n) is 10.7. The highest BCUT2D eigenvalue weighted by molar-refractivity contribution is 5.55. The number of hydrogen-bond acceptors (Lipinski definition) is 8. The Hall–Kier alpha value is -2.65. The first-order chi connectivity index (χ1) is 16.6. The fourth-order valence-corrected chi connectivity index (χ4v) is 5.56. The summed E-state index contributed by atoms with van der Waals surface area (Å²) in [4.78, 5) is 11.1. The van der Waals surface area contributed by atoms with Crippen LogP contribution >= 0.6 is 0 Å². The average Bonchev–Trinajstić information content (AvgIpc) is 3.35. The molecule has 0 bridgehead atoms. The molecule has 2 aromatic heterocycles. The molecule has 1 aromatic carbocycles. The highest BCUT2D eigenvalue weighted by atomic mass is 16.5. The van der Waals surface area contributed by atoms with E-state index in [1.165, 1.54) is 5.56 Å². The molecule has 1 atom stereocenters. The lowest BCUT2D eigenvalue weighted by atomic mass is 9.62. The summed E-state index contributed by atoms with van der Waals surface area (Å²) in [6.07, 6.45) is 4.20. The summed E-state index contributed by atoms with van der Waals surface area (Å²) in [5.74, 6) is 0.931. The minimum absolute atomic E-state index is 0.258. The molecular formula is C27H34N4O4. The molecule has 0 radical (unpaired) electrons. The van der Waals surface area contributed by atoms with Crippen LogP contribution in [-0.2, 0) is 15.9 Å². The van der Waals surface area contributed by atoms with Crippen molar-refractivity contribution < 1.29 is 19.5 Å². The fraction of sp³-hybridized carbons (Fsp3) is 0.519. The van der Waals surface area contributed by atoms with Gasteiger partial charge in [0.2, 0.25) is 5.82 Å². The van der Waals surface area contributed by atoms with Crippen molar-refractivity contribution in [3.8, 4) is 11.5 Å². The van der Waals surface area contributed by atoms with Crippen LogP contribution in [-0.4, -0.2) is 63.6 Å². The van der Waals surface area contributed by atoms with Gasteiger partial charge in [-0.2, -0.15) is 4.98 Å². The smallest absolute Gasteiger partial charge is 0.259 e. The SMILES string of the molecule is CC(C)c1ccc(C(O)(c2cncc(-c3nc(C4(O)CCOCC4)no3)c2)C2(C)CN(C)C2)cc1. The first-order valence-electron chi connectivity index (χ1n) is 12.3. The second kappa shape index (κ2) is 8.78. The molecule has 4 heterocycles. The first kappa shape index (κ1) is 24.1. The first-order valence-corrected chi connectivity index (χ1v) is 12.3. The van der Waals surface area contributed by atoms with Crippen LogP contribution < -0.4 is 0 Å². The van der Waals surface area contributed by atoms with Gasteiger partial charge in [0, 0.05) is 62.5 Å². The molecule has 3 aromatic rings. The third-order valence-corrected chi connectivity index (χ3v) is 7.67. The molecule has 0 spiro atoms. The van der Waals surface area contributed by atoms with E-state index in [9.17, 15) is 10.2 Å².